The van der Waals surface area contributed by atoms with E-state index < -0.39 is 0 Å². The predicted octanol–water partition coefficient (Wildman–Crippen LogP) is 3.47. The Kier molecular flexibility index (Phi) is 4.38. The van der Waals surface area contributed by atoms with Crippen molar-refractivity contribution in [1.82, 2.24) is 10.2 Å². The van der Waals surface area contributed by atoms with Crippen molar-refractivity contribution in [3.63, 3.8) is 0 Å². The molecular formula is C16H21N5S. The van der Waals surface area contributed by atoms with Crippen molar-refractivity contribution in [3.05, 3.63) is 39.8 Å². The van der Waals surface area contributed by atoms with Gasteiger partial charge >= 0.3 is 0 Å². The molecular weight excluding hydrogens is 294 g/mol. The van der Waals surface area contributed by atoms with Crippen molar-refractivity contribution in [3.8, 4) is 0 Å². The van der Waals surface area contributed by atoms with Gasteiger partial charge in [0.2, 0.25) is 0 Å². The van der Waals surface area contributed by atoms with Gasteiger partial charge in [-0.1, -0.05) is 37.3 Å². The van der Waals surface area contributed by atoms with Crippen molar-refractivity contribution in [1.29, 1.82) is 0 Å². The third-order valence-corrected chi connectivity index (χ3v) is 4.69. The Morgan fingerprint density at radius 1 is 1.41 bits per heavy atom. The smallest absolute Gasteiger partial charge is 0.193 e. The first-order chi connectivity index (χ1) is 10.6. The molecule has 3 N–H and O–H groups in total. The lowest BCUT2D eigenvalue weighted by atomic mass is 10.0. The number of hydrogen-bond donors (Lipinski definition) is 2. The van der Waals surface area contributed by atoms with Gasteiger partial charge in [-0.25, -0.2) is 4.99 Å². The molecule has 0 aliphatic heterocycles. The van der Waals surface area contributed by atoms with E-state index >= 15 is 0 Å². The van der Waals surface area contributed by atoms with Crippen molar-refractivity contribution in [2.24, 2.45) is 10.7 Å². The Hall–Kier alpha value is -1.95. The molecule has 0 bridgehead atoms. The fraction of sp³-hybridized carbons (Fsp3) is 0.438. The topological polar surface area (TPSA) is 76.2 Å². The first-order valence-electron chi connectivity index (χ1n) is 7.61. The van der Waals surface area contributed by atoms with Gasteiger partial charge in [0, 0.05) is 11.6 Å². The number of rotatable bonds is 5. The zero-order chi connectivity index (χ0) is 15.5. The fourth-order valence-corrected chi connectivity index (χ4v) is 3.08. The number of benzene rings is 1. The predicted molar refractivity (Wildman–Crippen MR) is 91.4 cm³/mol. The number of hydrogen-bond acceptors (Lipinski definition) is 4. The molecule has 3 rings (SSSR count). The third kappa shape index (κ3) is 3.82. The number of nitrogens with two attached hydrogens (primary N) is 1. The van der Waals surface area contributed by atoms with Crippen LogP contribution in [0, 0.1) is 0 Å². The summed E-state index contributed by atoms with van der Waals surface area (Å²) in [6.07, 6.45) is 2.49. The van der Waals surface area contributed by atoms with Crippen LogP contribution in [0.2, 0.25) is 0 Å². The lowest BCUT2D eigenvalue weighted by molar-refractivity contribution is 0.867. The standard InChI is InChI=1S/C16H21N5S/c1-10(2)12-4-3-5-13(8-12)19-16(17)18-9-14-20-21-15(22-14)11-6-7-11/h3-5,8,10-11H,6-7,9H2,1-2H3,(H3,17,18,19). The summed E-state index contributed by atoms with van der Waals surface area (Å²) < 4.78 is 0. The molecule has 0 spiro atoms. The number of guanidine groups is 1. The maximum atomic E-state index is 5.95. The molecule has 0 unspecified atom stereocenters. The molecule has 1 aromatic carbocycles. The quantitative estimate of drug-likeness (QED) is 0.654. The highest BCUT2D eigenvalue weighted by molar-refractivity contribution is 7.11. The Morgan fingerprint density at radius 3 is 2.95 bits per heavy atom. The molecule has 0 amide bonds. The minimum atomic E-state index is 0.407. The second-order valence-corrected chi connectivity index (χ2v) is 7.01. The zero-order valence-electron chi connectivity index (χ0n) is 12.9. The van der Waals surface area contributed by atoms with E-state index in [1.165, 1.54) is 18.4 Å². The minimum Gasteiger partial charge on any atom is -0.370 e. The average Bonchev–Trinajstić information content (AvgIpc) is 3.24. The van der Waals surface area contributed by atoms with E-state index in [0.29, 0.717) is 24.3 Å². The third-order valence-electron chi connectivity index (χ3n) is 3.62. The minimum absolute atomic E-state index is 0.407. The molecule has 116 valence electrons. The van der Waals surface area contributed by atoms with Gasteiger partial charge in [0.1, 0.15) is 10.0 Å². The van der Waals surface area contributed by atoms with Crippen LogP contribution in [0.5, 0.6) is 0 Å². The number of nitrogens with one attached hydrogen (secondary N) is 1. The van der Waals surface area contributed by atoms with E-state index in [2.05, 4.69) is 46.5 Å². The van der Waals surface area contributed by atoms with E-state index in [0.717, 1.165) is 15.7 Å². The maximum absolute atomic E-state index is 5.95. The van der Waals surface area contributed by atoms with Crippen molar-refractivity contribution < 1.29 is 0 Å². The summed E-state index contributed by atoms with van der Waals surface area (Å²) in [6.45, 7) is 4.82. The first kappa shape index (κ1) is 15.0. The first-order valence-corrected chi connectivity index (χ1v) is 8.42. The van der Waals surface area contributed by atoms with Crippen LogP contribution in [0.3, 0.4) is 0 Å². The molecule has 5 nitrogen and oxygen atoms in total. The fourth-order valence-electron chi connectivity index (χ4n) is 2.14. The number of aromatic nitrogens is 2. The molecule has 1 aliphatic rings. The molecule has 6 heteroatoms. The van der Waals surface area contributed by atoms with Crippen molar-refractivity contribution >= 4 is 23.0 Å². The van der Waals surface area contributed by atoms with Gasteiger partial charge in [0.15, 0.2) is 5.96 Å². The number of aliphatic imine (C=N–C) groups is 1. The Morgan fingerprint density at radius 2 is 2.23 bits per heavy atom. The van der Waals surface area contributed by atoms with Crippen LogP contribution in [0.15, 0.2) is 29.3 Å². The Labute approximate surface area is 134 Å². The lowest BCUT2D eigenvalue weighted by Gasteiger charge is -2.09. The molecule has 1 aromatic heterocycles. The van der Waals surface area contributed by atoms with Crippen LogP contribution in [0.1, 0.15) is 54.1 Å². The second-order valence-electron chi connectivity index (χ2n) is 5.91. The van der Waals surface area contributed by atoms with Gasteiger partial charge in [-0.05, 0) is 36.5 Å². The summed E-state index contributed by atoms with van der Waals surface area (Å²) in [4.78, 5) is 4.35. The summed E-state index contributed by atoms with van der Waals surface area (Å²) in [5, 5.41) is 13.6. The van der Waals surface area contributed by atoms with E-state index in [1.54, 1.807) is 11.3 Å². The van der Waals surface area contributed by atoms with Gasteiger partial charge in [0.25, 0.3) is 0 Å². The number of nitrogens with zero attached hydrogens (tertiary/aromatic N) is 3. The SMILES string of the molecule is CC(C)c1cccc(NC(N)=NCc2nnc(C3CC3)s2)c1. The van der Waals surface area contributed by atoms with Crippen LogP contribution >= 0.6 is 11.3 Å². The van der Waals surface area contributed by atoms with Crippen LogP contribution in [0.25, 0.3) is 0 Å². The van der Waals surface area contributed by atoms with E-state index in [-0.39, 0.29) is 0 Å². The van der Waals surface area contributed by atoms with Gasteiger partial charge in [-0.2, -0.15) is 0 Å². The summed E-state index contributed by atoms with van der Waals surface area (Å²) in [6, 6.07) is 8.23. The van der Waals surface area contributed by atoms with Gasteiger partial charge in [-0.15, -0.1) is 10.2 Å². The van der Waals surface area contributed by atoms with Crippen molar-refractivity contribution in [2.75, 3.05) is 5.32 Å². The highest BCUT2D eigenvalue weighted by Crippen LogP contribution is 2.41. The van der Waals surface area contributed by atoms with Crippen LogP contribution in [0.4, 0.5) is 5.69 Å². The van der Waals surface area contributed by atoms with Gasteiger partial charge in [0.05, 0.1) is 6.54 Å². The van der Waals surface area contributed by atoms with Crippen LogP contribution < -0.4 is 11.1 Å². The normalized spacial score (nSPS) is 15.3. The van der Waals surface area contributed by atoms with Crippen molar-refractivity contribution in [2.45, 2.75) is 45.1 Å². The zero-order valence-corrected chi connectivity index (χ0v) is 13.7. The molecule has 1 fully saturated rings. The highest BCUT2D eigenvalue weighted by Gasteiger charge is 2.27. The van der Waals surface area contributed by atoms with Crippen LogP contribution in [-0.4, -0.2) is 16.2 Å². The monoisotopic (exact) mass is 315 g/mol. The molecule has 0 radical (unpaired) electrons. The lowest BCUT2D eigenvalue weighted by Crippen LogP contribution is -2.22. The summed E-state index contributed by atoms with van der Waals surface area (Å²) in [5.74, 6) is 1.54. The summed E-state index contributed by atoms with van der Waals surface area (Å²) in [5.41, 5.74) is 8.19. The van der Waals surface area contributed by atoms with Crippen LogP contribution in [-0.2, 0) is 6.54 Å². The molecule has 0 atom stereocenters. The summed E-state index contributed by atoms with van der Waals surface area (Å²) >= 11 is 1.65. The van der Waals surface area contributed by atoms with E-state index in [4.69, 9.17) is 5.73 Å². The summed E-state index contributed by atoms with van der Waals surface area (Å²) in [7, 11) is 0. The molecule has 1 saturated carbocycles. The molecule has 2 aromatic rings. The van der Waals surface area contributed by atoms with Gasteiger partial charge in [-0.3, -0.25) is 0 Å². The molecule has 0 saturated heterocycles. The molecule has 22 heavy (non-hydrogen) atoms. The molecule has 1 heterocycles. The average molecular weight is 315 g/mol. The molecule has 1 aliphatic carbocycles. The maximum Gasteiger partial charge on any atom is 0.193 e. The largest absolute Gasteiger partial charge is 0.370 e. The highest BCUT2D eigenvalue weighted by atomic mass is 32.1. The Bertz CT molecular complexity index is 673. The number of anilines is 1. The Balaban J connectivity index is 1.60. The second kappa shape index (κ2) is 6.44. The van der Waals surface area contributed by atoms with E-state index in [9.17, 15) is 0 Å². The van der Waals surface area contributed by atoms with Gasteiger partial charge < -0.3 is 11.1 Å². The van der Waals surface area contributed by atoms with E-state index in [1.807, 2.05) is 12.1 Å².